The molecule has 1 unspecified atom stereocenters. The van der Waals surface area contributed by atoms with Crippen LogP contribution in [0.2, 0.25) is 0 Å². The van der Waals surface area contributed by atoms with Crippen molar-refractivity contribution in [1.82, 2.24) is 5.32 Å². The number of nitrogens with one attached hydrogen (secondary N) is 1. The second-order valence-corrected chi connectivity index (χ2v) is 11.6. The summed E-state index contributed by atoms with van der Waals surface area (Å²) in [7, 11) is 0. The minimum Gasteiger partial charge on any atom is -0.394 e. The fourth-order valence-electron chi connectivity index (χ4n) is 4.92. The lowest BCUT2D eigenvalue weighted by Crippen LogP contribution is -2.59. The number of unbranched alkanes of at least 4 members (excludes halogenated alkanes) is 16. The summed E-state index contributed by atoms with van der Waals surface area (Å²) in [6, 6.07) is 0. The van der Waals surface area contributed by atoms with E-state index in [4.69, 9.17) is 9.47 Å². The Balaban J connectivity index is 1.94. The molecule has 1 heterocycles. The highest BCUT2D eigenvalue weighted by molar-refractivity contribution is 5.75. The molecule has 1 saturated heterocycles. The smallest absolute Gasteiger partial charge is 0.220 e. The van der Waals surface area contributed by atoms with Gasteiger partial charge in [0.15, 0.2) is 6.29 Å². The molecule has 0 aromatic rings. The number of carbonyl (C=O) groups excluding carboxylic acids is 1. The predicted molar refractivity (Wildman–Crippen MR) is 166 cm³/mol. The molecule has 0 saturated carbocycles. The second kappa shape index (κ2) is 25.8. The molecule has 8 heteroatoms. The molecule has 1 aliphatic rings. The van der Waals surface area contributed by atoms with Crippen LogP contribution in [0.5, 0.6) is 0 Å². The molecule has 5 N–H and O–H groups in total. The lowest BCUT2D eigenvalue weighted by molar-refractivity contribution is -0.309. The average molecular weight is 594 g/mol. The molecule has 1 aliphatic heterocycles. The van der Waals surface area contributed by atoms with Crippen molar-refractivity contribution in [3.8, 4) is 23.7 Å². The molecule has 242 valence electrons. The van der Waals surface area contributed by atoms with E-state index in [1.165, 1.54) is 64.2 Å². The maximum absolute atomic E-state index is 12.1. The van der Waals surface area contributed by atoms with Gasteiger partial charge in [-0.3, -0.25) is 4.79 Å². The van der Waals surface area contributed by atoms with Crippen molar-refractivity contribution in [1.29, 1.82) is 0 Å². The number of ether oxygens (including phenoxy) is 2. The molecular formula is C34H59NO7. The van der Waals surface area contributed by atoms with Crippen LogP contribution in [0.3, 0.4) is 0 Å². The zero-order valence-electron chi connectivity index (χ0n) is 26.3. The van der Waals surface area contributed by atoms with Gasteiger partial charge in [0.1, 0.15) is 24.4 Å². The van der Waals surface area contributed by atoms with Gasteiger partial charge >= 0.3 is 0 Å². The number of aliphatic hydroxyl groups excluding tert-OH is 4. The van der Waals surface area contributed by atoms with E-state index in [1.54, 1.807) is 6.92 Å². The van der Waals surface area contributed by atoms with E-state index < -0.39 is 43.4 Å². The Bertz CT molecular complexity index is 797. The van der Waals surface area contributed by atoms with Crippen molar-refractivity contribution >= 4 is 5.91 Å². The number of rotatable bonds is 23. The van der Waals surface area contributed by atoms with Crippen molar-refractivity contribution in [2.24, 2.45) is 0 Å². The maximum Gasteiger partial charge on any atom is 0.220 e. The summed E-state index contributed by atoms with van der Waals surface area (Å²) in [6.07, 6.45) is 14.9. The van der Waals surface area contributed by atoms with Gasteiger partial charge < -0.3 is 35.2 Å². The van der Waals surface area contributed by atoms with E-state index in [-0.39, 0.29) is 12.5 Å². The summed E-state index contributed by atoms with van der Waals surface area (Å²) in [5, 5.41) is 41.8. The highest BCUT2D eigenvalue weighted by Crippen LogP contribution is 2.22. The Morgan fingerprint density at radius 2 is 1.26 bits per heavy atom. The molecule has 0 spiro atoms. The van der Waals surface area contributed by atoms with Gasteiger partial charge in [0, 0.05) is 25.8 Å². The van der Waals surface area contributed by atoms with Crippen molar-refractivity contribution in [2.45, 2.75) is 173 Å². The van der Waals surface area contributed by atoms with Crippen LogP contribution in [0.15, 0.2) is 0 Å². The SMILES string of the molecule is CCCCCCCCCCCCC#CC#CCCCCCCCCC(=O)NCC(C)O[C@@H]1O[C@H](CO)[C@@H](O)[C@H](O)[C@H]1O. The summed E-state index contributed by atoms with van der Waals surface area (Å²) in [4.78, 5) is 12.1. The maximum atomic E-state index is 12.1. The lowest BCUT2D eigenvalue weighted by atomic mass is 9.99. The fraction of sp³-hybridized carbons (Fsp3) is 0.853. The van der Waals surface area contributed by atoms with Crippen LogP contribution in [0.1, 0.15) is 136 Å². The van der Waals surface area contributed by atoms with E-state index in [0.29, 0.717) is 6.42 Å². The van der Waals surface area contributed by atoms with Crippen LogP contribution >= 0.6 is 0 Å². The quantitative estimate of drug-likeness (QED) is 0.0855. The molecule has 0 aliphatic carbocycles. The fourth-order valence-corrected chi connectivity index (χ4v) is 4.92. The number of hydrogen-bond acceptors (Lipinski definition) is 7. The molecule has 0 aromatic heterocycles. The highest BCUT2D eigenvalue weighted by Gasteiger charge is 2.44. The zero-order valence-corrected chi connectivity index (χ0v) is 26.3. The van der Waals surface area contributed by atoms with Crippen LogP contribution < -0.4 is 5.32 Å². The Morgan fingerprint density at radius 3 is 1.79 bits per heavy atom. The van der Waals surface area contributed by atoms with Crippen LogP contribution in [-0.4, -0.2) is 76.3 Å². The topological polar surface area (TPSA) is 128 Å². The molecule has 8 nitrogen and oxygen atoms in total. The molecule has 1 amide bonds. The van der Waals surface area contributed by atoms with Gasteiger partial charge in [0.2, 0.25) is 5.91 Å². The van der Waals surface area contributed by atoms with Gasteiger partial charge in [0.25, 0.3) is 0 Å². The highest BCUT2D eigenvalue weighted by atomic mass is 16.7. The summed E-state index contributed by atoms with van der Waals surface area (Å²) >= 11 is 0. The first-order chi connectivity index (χ1) is 20.4. The molecule has 1 fully saturated rings. The zero-order chi connectivity index (χ0) is 30.8. The molecule has 0 aromatic carbocycles. The third-order valence-electron chi connectivity index (χ3n) is 7.65. The predicted octanol–water partition coefficient (Wildman–Crippen LogP) is 4.75. The van der Waals surface area contributed by atoms with E-state index in [1.807, 2.05) is 0 Å². The summed E-state index contributed by atoms with van der Waals surface area (Å²) in [5.74, 6) is 12.2. The summed E-state index contributed by atoms with van der Waals surface area (Å²) in [6.45, 7) is 3.67. The number of aliphatic hydroxyl groups is 4. The Morgan fingerprint density at radius 1 is 0.762 bits per heavy atom. The Hall–Kier alpha value is -1.65. The summed E-state index contributed by atoms with van der Waals surface area (Å²) in [5.41, 5.74) is 0. The monoisotopic (exact) mass is 593 g/mol. The Kier molecular flexibility index (Phi) is 23.6. The van der Waals surface area contributed by atoms with Crippen LogP contribution in [0.4, 0.5) is 0 Å². The van der Waals surface area contributed by atoms with E-state index >= 15 is 0 Å². The number of hydrogen-bond donors (Lipinski definition) is 5. The third-order valence-corrected chi connectivity index (χ3v) is 7.65. The van der Waals surface area contributed by atoms with Crippen molar-refractivity contribution in [2.75, 3.05) is 13.2 Å². The first-order valence-corrected chi connectivity index (χ1v) is 16.6. The standard InChI is InChI=1S/C34H59NO7/c1-3-4-5-6-7-8-9-10-11-12-13-14-15-16-17-18-19-20-21-22-23-24-25-30(37)35-26-28(2)41-34-33(40)32(39)31(38)29(27-36)42-34/h28-29,31-34,36,38-40H,3-13,18-27H2,1-2H3,(H,35,37)/t28?,29-,31-,32+,33-,34-/m1/s1. The average Bonchev–Trinajstić information content (AvgIpc) is 2.98. The van der Waals surface area contributed by atoms with E-state index in [9.17, 15) is 25.2 Å². The first kappa shape index (κ1) is 38.4. The molecule has 0 radical (unpaired) electrons. The molecule has 1 rings (SSSR count). The molecule has 0 bridgehead atoms. The van der Waals surface area contributed by atoms with Crippen LogP contribution in [-0.2, 0) is 14.3 Å². The van der Waals surface area contributed by atoms with Crippen LogP contribution in [0.25, 0.3) is 0 Å². The third kappa shape index (κ3) is 18.8. The van der Waals surface area contributed by atoms with Gasteiger partial charge in [-0.15, -0.1) is 0 Å². The Labute approximate surface area is 255 Å². The van der Waals surface area contributed by atoms with Gasteiger partial charge in [-0.25, -0.2) is 0 Å². The van der Waals surface area contributed by atoms with Crippen molar-refractivity contribution < 1.29 is 34.7 Å². The van der Waals surface area contributed by atoms with Crippen molar-refractivity contribution in [3.63, 3.8) is 0 Å². The molecule has 42 heavy (non-hydrogen) atoms. The number of carbonyl (C=O) groups is 1. The van der Waals surface area contributed by atoms with E-state index in [0.717, 1.165) is 51.4 Å². The van der Waals surface area contributed by atoms with Gasteiger partial charge in [-0.05, 0) is 38.0 Å². The largest absolute Gasteiger partial charge is 0.394 e. The molecule has 6 atom stereocenters. The summed E-state index contributed by atoms with van der Waals surface area (Å²) < 4.78 is 10.9. The number of amides is 1. The lowest BCUT2D eigenvalue weighted by Gasteiger charge is -2.40. The second-order valence-electron chi connectivity index (χ2n) is 11.6. The molecular weight excluding hydrogens is 534 g/mol. The van der Waals surface area contributed by atoms with Crippen molar-refractivity contribution in [3.05, 3.63) is 0 Å². The minimum atomic E-state index is -1.49. The van der Waals surface area contributed by atoms with Crippen LogP contribution in [0, 0.1) is 23.7 Å². The van der Waals surface area contributed by atoms with Gasteiger partial charge in [0.05, 0.1) is 12.7 Å². The normalized spacial score (nSPS) is 22.5. The van der Waals surface area contributed by atoms with Gasteiger partial charge in [-0.1, -0.05) is 102 Å². The minimum absolute atomic E-state index is 0.0659. The first-order valence-electron chi connectivity index (χ1n) is 16.6. The van der Waals surface area contributed by atoms with Gasteiger partial charge in [-0.2, -0.15) is 0 Å². The van der Waals surface area contributed by atoms with E-state index in [2.05, 4.69) is 35.9 Å².